The average Bonchev–Trinajstić information content (AvgIpc) is 2.44. The Labute approximate surface area is 124 Å². The average molecular weight is 287 g/mol. The molecule has 0 saturated carbocycles. The molecule has 2 aromatic rings. The first-order chi connectivity index (χ1) is 10.2. The van der Waals surface area contributed by atoms with Crippen LogP contribution in [0.4, 0.5) is 8.78 Å². The number of halogens is 2. The molecule has 1 aliphatic carbocycles. The summed E-state index contributed by atoms with van der Waals surface area (Å²) < 4.78 is 27.1. The minimum absolute atomic E-state index is 0.0750. The zero-order chi connectivity index (χ0) is 14.8. The molecule has 2 unspecified atom stereocenters. The van der Waals surface area contributed by atoms with E-state index in [4.69, 9.17) is 0 Å². The van der Waals surface area contributed by atoms with E-state index in [2.05, 4.69) is 23.5 Å². The summed E-state index contributed by atoms with van der Waals surface area (Å²) in [7, 11) is 0. The van der Waals surface area contributed by atoms with E-state index in [0.717, 1.165) is 25.5 Å². The molecule has 3 rings (SSSR count). The standard InChI is InChI=1S/C18H19F2N/c1-2-21-18(16-8-7-14(19)11-17(16)20)10-13-9-12-5-3-4-6-15(12)13/h3-8,11,13,18,21H,2,9-10H2,1H3. The normalized spacial score (nSPS) is 18.0. The Balaban J connectivity index is 1.80. The van der Waals surface area contributed by atoms with Crippen LogP contribution >= 0.6 is 0 Å². The van der Waals surface area contributed by atoms with Gasteiger partial charge in [-0.15, -0.1) is 0 Å². The zero-order valence-electron chi connectivity index (χ0n) is 12.1. The smallest absolute Gasteiger partial charge is 0.130 e. The van der Waals surface area contributed by atoms with Crippen LogP contribution in [0.15, 0.2) is 42.5 Å². The highest BCUT2D eigenvalue weighted by atomic mass is 19.1. The van der Waals surface area contributed by atoms with Gasteiger partial charge in [0, 0.05) is 17.7 Å². The maximum absolute atomic E-state index is 14.0. The van der Waals surface area contributed by atoms with Gasteiger partial charge in [-0.05, 0) is 42.5 Å². The molecule has 0 amide bonds. The third-order valence-electron chi connectivity index (χ3n) is 4.27. The van der Waals surface area contributed by atoms with Gasteiger partial charge in [-0.25, -0.2) is 8.78 Å². The van der Waals surface area contributed by atoms with Crippen LogP contribution in [-0.2, 0) is 6.42 Å². The van der Waals surface area contributed by atoms with Crippen molar-refractivity contribution >= 4 is 0 Å². The minimum atomic E-state index is -0.527. The molecule has 1 nitrogen and oxygen atoms in total. The van der Waals surface area contributed by atoms with Crippen molar-refractivity contribution < 1.29 is 8.78 Å². The Hall–Kier alpha value is -1.74. The highest BCUT2D eigenvalue weighted by Crippen LogP contribution is 2.41. The zero-order valence-corrected chi connectivity index (χ0v) is 12.1. The Morgan fingerprint density at radius 2 is 2.00 bits per heavy atom. The van der Waals surface area contributed by atoms with Gasteiger partial charge in [0.1, 0.15) is 11.6 Å². The van der Waals surface area contributed by atoms with Crippen LogP contribution in [0.3, 0.4) is 0 Å². The largest absolute Gasteiger partial charge is 0.310 e. The summed E-state index contributed by atoms with van der Waals surface area (Å²) in [5, 5.41) is 3.33. The van der Waals surface area contributed by atoms with E-state index in [9.17, 15) is 8.78 Å². The van der Waals surface area contributed by atoms with E-state index in [1.165, 1.54) is 17.2 Å². The summed E-state index contributed by atoms with van der Waals surface area (Å²) in [6, 6.07) is 12.2. The molecule has 0 aliphatic heterocycles. The molecule has 0 fully saturated rings. The number of benzene rings is 2. The van der Waals surface area contributed by atoms with Crippen LogP contribution in [0.2, 0.25) is 0 Å². The van der Waals surface area contributed by atoms with Gasteiger partial charge in [-0.1, -0.05) is 37.3 Å². The van der Waals surface area contributed by atoms with Crippen LogP contribution in [0.5, 0.6) is 0 Å². The molecule has 0 radical (unpaired) electrons. The molecule has 3 heteroatoms. The second kappa shape index (κ2) is 5.94. The van der Waals surface area contributed by atoms with Gasteiger partial charge in [0.25, 0.3) is 0 Å². The summed E-state index contributed by atoms with van der Waals surface area (Å²) in [6.45, 7) is 2.76. The molecule has 21 heavy (non-hydrogen) atoms. The van der Waals surface area contributed by atoms with Crippen molar-refractivity contribution in [3.63, 3.8) is 0 Å². The molecule has 110 valence electrons. The lowest BCUT2D eigenvalue weighted by atomic mass is 9.73. The molecule has 0 saturated heterocycles. The van der Waals surface area contributed by atoms with Crippen LogP contribution in [-0.4, -0.2) is 6.54 Å². The quantitative estimate of drug-likeness (QED) is 0.862. The number of rotatable bonds is 5. The number of fused-ring (bicyclic) bond motifs is 1. The summed E-state index contributed by atoms with van der Waals surface area (Å²) >= 11 is 0. The second-order valence-electron chi connectivity index (χ2n) is 5.61. The molecule has 2 atom stereocenters. The van der Waals surface area contributed by atoms with Gasteiger partial charge in [0.05, 0.1) is 0 Å². The summed E-state index contributed by atoms with van der Waals surface area (Å²) in [4.78, 5) is 0. The lowest BCUT2D eigenvalue weighted by Gasteiger charge is -2.33. The summed E-state index contributed by atoms with van der Waals surface area (Å²) in [5.74, 6) is -0.538. The predicted octanol–water partition coefficient (Wildman–Crippen LogP) is 4.35. The minimum Gasteiger partial charge on any atom is -0.310 e. The SMILES string of the molecule is CCNC(CC1Cc2ccccc21)c1ccc(F)cc1F. The fourth-order valence-corrected chi connectivity index (χ4v) is 3.21. The Morgan fingerprint density at radius 1 is 1.19 bits per heavy atom. The van der Waals surface area contributed by atoms with E-state index in [0.29, 0.717) is 11.5 Å². The van der Waals surface area contributed by atoms with E-state index >= 15 is 0 Å². The highest BCUT2D eigenvalue weighted by molar-refractivity contribution is 5.40. The Kier molecular flexibility index (Phi) is 4.02. The van der Waals surface area contributed by atoms with Crippen molar-refractivity contribution in [3.8, 4) is 0 Å². The fourth-order valence-electron chi connectivity index (χ4n) is 3.21. The molecule has 0 heterocycles. The lowest BCUT2D eigenvalue weighted by Crippen LogP contribution is -2.27. The van der Waals surface area contributed by atoms with E-state index < -0.39 is 11.6 Å². The first-order valence-electron chi connectivity index (χ1n) is 7.45. The molecule has 0 spiro atoms. The monoisotopic (exact) mass is 287 g/mol. The molecule has 1 aliphatic rings. The van der Waals surface area contributed by atoms with Crippen LogP contribution in [0.25, 0.3) is 0 Å². The van der Waals surface area contributed by atoms with Crippen LogP contribution < -0.4 is 5.32 Å². The van der Waals surface area contributed by atoms with Gasteiger partial charge in [-0.2, -0.15) is 0 Å². The van der Waals surface area contributed by atoms with Gasteiger partial charge < -0.3 is 5.32 Å². The molecular formula is C18H19F2N. The molecule has 0 aromatic heterocycles. The Morgan fingerprint density at radius 3 is 2.71 bits per heavy atom. The van der Waals surface area contributed by atoms with Gasteiger partial charge in [0.15, 0.2) is 0 Å². The van der Waals surface area contributed by atoms with Crippen LogP contribution in [0.1, 0.15) is 42.0 Å². The molecule has 1 N–H and O–H groups in total. The van der Waals surface area contributed by atoms with Gasteiger partial charge >= 0.3 is 0 Å². The number of hydrogen-bond acceptors (Lipinski definition) is 1. The first-order valence-corrected chi connectivity index (χ1v) is 7.45. The summed E-state index contributed by atoms with van der Waals surface area (Å²) in [5.41, 5.74) is 3.31. The second-order valence-corrected chi connectivity index (χ2v) is 5.61. The van der Waals surface area contributed by atoms with E-state index in [1.54, 1.807) is 6.07 Å². The van der Waals surface area contributed by atoms with Crippen molar-refractivity contribution in [1.82, 2.24) is 5.32 Å². The fraction of sp³-hybridized carbons (Fsp3) is 0.333. The highest BCUT2D eigenvalue weighted by Gasteiger charge is 2.29. The predicted molar refractivity (Wildman–Crippen MR) is 80.3 cm³/mol. The first kappa shape index (κ1) is 14.2. The maximum Gasteiger partial charge on any atom is 0.130 e. The molecular weight excluding hydrogens is 268 g/mol. The Bertz CT molecular complexity index is 639. The van der Waals surface area contributed by atoms with Gasteiger partial charge in [-0.3, -0.25) is 0 Å². The van der Waals surface area contributed by atoms with Gasteiger partial charge in [0.2, 0.25) is 0 Å². The van der Waals surface area contributed by atoms with Crippen LogP contribution in [0, 0.1) is 11.6 Å². The third-order valence-corrected chi connectivity index (χ3v) is 4.27. The summed E-state index contributed by atoms with van der Waals surface area (Å²) in [6.07, 6.45) is 1.88. The van der Waals surface area contributed by atoms with Crippen molar-refractivity contribution in [2.45, 2.75) is 31.7 Å². The van der Waals surface area contributed by atoms with Crippen molar-refractivity contribution in [3.05, 3.63) is 70.8 Å². The van der Waals surface area contributed by atoms with E-state index in [1.807, 2.05) is 13.0 Å². The van der Waals surface area contributed by atoms with Crippen molar-refractivity contribution in [2.75, 3.05) is 6.54 Å². The van der Waals surface area contributed by atoms with Crippen molar-refractivity contribution in [2.24, 2.45) is 0 Å². The number of hydrogen-bond donors (Lipinski definition) is 1. The van der Waals surface area contributed by atoms with Crippen molar-refractivity contribution in [1.29, 1.82) is 0 Å². The third kappa shape index (κ3) is 2.84. The topological polar surface area (TPSA) is 12.0 Å². The maximum atomic E-state index is 14.0. The lowest BCUT2D eigenvalue weighted by molar-refractivity contribution is 0.420. The number of nitrogens with one attached hydrogen (secondary N) is 1. The molecule has 2 aromatic carbocycles. The van der Waals surface area contributed by atoms with E-state index in [-0.39, 0.29) is 6.04 Å². The molecule has 0 bridgehead atoms.